The van der Waals surface area contributed by atoms with Gasteiger partial charge in [-0.3, -0.25) is 4.79 Å². The predicted molar refractivity (Wildman–Crippen MR) is 109 cm³/mol. The van der Waals surface area contributed by atoms with Crippen molar-refractivity contribution in [2.24, 2.45) is 0 Å². The number of nitrogens with one attached hydrogen (secondary N) is 1. The van der Waals surface area contributed by atoms with Gasteiger partial charge in [-0.2, -0.15) is 4.31 Å². The Morgan fingerprint density at radius 1 is 1.15 bits per heavy atom. The van der Waals surface area contributed by atoms with Gasteiger partial charge in [0.25, 0.3) is 0 Å². The Hall–Kier alpha value is -1.60. The van der Waals surface area contributed by atoms with Crippen LogP contribution in [0.1, 0.15) is 18.9 Å². The number of amides is 1. The number of carbonyl (C=O) groups excluding carboxylic acids is 1. The first-order valence-corrected chi connectivity index (χ1v) is 10.6. The Morgan fingerprint density at radius 2 is 1.81 bits per heavy atom. The number of carbonyl (C=O) groups is 1. The van der Waals surface area contributed by atoms with Gasteiger partial charge in [0, 0.05) is 18.1 Å². The molecule has 27 heavy (non-hydrogen) atoms. The van der Waals surface area contributed by atoms with Gasteiger partial charge in [-0.25, -0.2) is 8.42 Å². The first-order valence-electron chi connectivity index (χ1n) is 8.45. The molecule has 2 aromatic rings. The molecular formula is C19H22Cl2N2O3S. The third kappa shape index (κ3) is 6.21. The van der Waals surface area contributed by atoms with Gasteiger partial charge >= 0.3 is 0 Å². The molecule has 0 fully saturated rings. The fraction of sp³-hybridized carbons (Fsp3) is 0.316. The summed E-state index contributed by atoms with van der Waals surface area (Å²) >= 11 is 11.8. The Labute approximate surface area is 170 Å². The number of sulfonamides is 1. The summed E-state index contributed by atoms with van der Waals surface area (Å²) in [4.78, 5) is 12.1. The van der Waals surface area contributed by atoms with Crippen LogP contribution < -0.4 is 5.32 Å². The number of halogens is 2. The van der Waals surface area contributed by atoms with E-state index in [2.05, 4.69) is 5.32 Å². The third-order valence-corrected chi connectivity index (χ3v) is 6.58. The minimum atomic E-state index is -3.92. The van der Waals surface area contributed by atoms with Crippen molar-refractivity contribution in [3.63, 3.8) is 0 Å². The van der Waals surface area contributed by atoms with Crippen molar-refractivity contribution in [1.82, 2.24) is 9.62 Å². The van der Waals surface area contributed by atoms with Crippen LogP contribution in [0.15, 0.2) is 53.4 Å². The van der Waals surface area contributed by atoms with Crippen molar-refractivity contribution in [2.45, 2.75) is 30.7 Å². The molecule has 0 aliphatic heterocycles. The van der Waals surface area contributed by atoms with Crippen LogP contribution in [0.4, 0.5) is 0 Å². The van der Waals surface area contributed by atoms with E-state index in [1.807, 2.05) is 37.3 Å². The number of nitrogens with zero attached hydrogens (tertiary/aromatic N) is 1. The molecule has 0 spiro atoms. The SMILES string of the molecule is C[C@H](CCc1ccccc1)NC(=O)CN(C)S(=O)(=O)c1cc(Cl)ccc1Cl. The first kappa shape index (κ1) is 21.7. The zero-order chi connectivity index (χ0) is 20.0. The summed E-state index contributed by atoms with van der Waals surface area (Å²) in [7, 11) is -2.59. The summed E-state index contributed by atoms with van der Waals surface area (Å²) in [6.45, 7) is 1.59. The highest BCUT2D eigenvalue weighted by Crippen LogP contribution is 2.27. The molecule has 0 aromatic heterocycles. The average molecular weight is 429 g/mol. The number of benzene rings is 2. The van der Waals surface area contributed by atoms with Crippen LogP contribution in [0, 0.1) is 0 Å². The molecule has 0 bridgehead atoms. The lowest BCUT2D eigenvalue weighted by Gasteiger charge is -2.20. The van der Waals surface area contributed by atoms with Gasteiger partial charge in [0.1, 0.15) is 4.90 Å². The Balaban J connectivity index is 1.93. The molecule has 5 nitrogen and oxygen atoms in total. The monoisotopic (exact) mass is 428 g/mol. The summed E-state index contributed by atoms with van der Waals surface area (Å²) in [6, 6.07) is 14.1. The minimum Gasteiger partial charge on any atom is -0.352 e. The second-order valence-electron chi connectivity index (χ2n) is 6.33. The fourth-order valence-corrected chi connectivity index (χ4v) is 4.41. The zero-order valence-electron chi connectivity index (χ0n) is 15.2. The van der Waals surface area contributed by atoms with Gasteiger partial charge in [0.2, 0.25) is 15.9 Å². The quantitative estimate of drug-likeness (QED) is 0.695. The summed E-state index contributed by atoms with van der Waals surface area (Å²) < 4.78 is 26.2. The van der Waals surface area contributed by atoms with E-state index >= 15 is 0 Å². The Morgan fingerprint density at radius 3 is 2.48 bits per heavy atom. The van der Waals surface area contributed by atoms with E-state index in [1.165, 1.54) is 30.8 Å². The van der Waals surface area contributed by atoms with Gasteiger partial charge < -0.3 is 5.32 Å². The fourth-order valence-electron chi connectivity index (χ4n) is 2.55. The lowest BCUT2D eigenvalue weighted by Crippen LogP contribution is -2.41. The summed E-state index contributed by atoms with van der Waals surface area (Å²) in [6.07, 6.45) is 1.58. The van der Waals surface area contributed by atoms with Crippen LogP contribution in [-0.2, 0) is 21.2 Å². The van der Waals surface area contributed by atoms with Crippen molar-refractivity contribution in [3.05, 3.63) is 64.1 Å². The second-order valence-corrected chi connectivity index (χ2v) is 9.19. The van der Waals surface area contributed by atoms with Crippen molar-refractivity contribution in [2.75, 3.05) is 13.6 Å². The number of rotatable bonds is 8. The molecule has 1 atom stereocenters. The van der Waals surface area contributed by atoms with E-state index in [0.29, 0.717) is 0 Å². The maximum absolute atomic E-state index is 12.6. The van der Waals surface area contributed by atoms with Gasteiger partial charge in [0.15, 0.2) is 0 Å². The predicted octanol–water partition coefficient (Wildman–Crippen LogP) is 3.75. The second kappa shape index (κ2) is 9.55. The highest BCUT2D eigenvalue weighted by atomic mass is 35.5. The van der Waals surface area contributed by atoms with Crippen LogP contribution in [-0.4, -0.2) is 38.3 Å². The van der Waals surface area contributed by atoms with Crippen molar-refractivity contribution < 1.29 is 13.2 Å². The molecule has 2 aromatic carbocycles. The van der Waals surface area contributed by atoms with E-state index in [1.54, 1.807) is 0 Å². The Kier molecular flexibility index (Phi) is 7.68. The smallest absolute Gasteiger partial charge is 0.244 e. The summed E-state index contributed by atoms with van der Waals surface area (Å²) in [5, 5.41) is 3.14. The molecule has 146 valence electrons. The van der Waals surface area contributed by atoms with E-state index in [9.17, 15) is 13.2 Å². The molecule has 0 unspecified atom stereocenters. The highest BCUT2D eigenvalue weighted by molar-refractivity contribution is 7.89. The number of hydrogen-bond donors (Lipinski definition) is 1. The molecule has 8 heteroatoms. The van der Waals surface area contributed by atoms with Crippen LogP contribution in [0.5, 0.6) is 0 Å². The van der Waals surface area contributed by atoms with E-state index in [-0.39, 0.29) is 33.4 Å². The van der Waals surface area contributed by atoms with E-state index < -0.39 is 10.0 Å². The minimum absolute atomic E-state index is 0.0582. The van der Waals surface area contributed by atoms with Crippen molar-refractivity contribution in [1.29, 1.82) is 0 Å². The lowest BCUT2D eigenvalue weighted by molar-refractivity contribution is -0.121. The van der Waals surface area contributed by atoms with E-state index in [4.69, 9.17) is 23.2 Å². The number of aryl methyl sites for hydroxylation is 1. The molecule has 0 radical (unpaired) electrons. The molecule has 0 saturated heterocycles. The molecule has 0 aliphatic carbocycles. The zero-order valence-corrected chi connectivity index (χ0v) is 17.5. The van der Waals surface area contributed by atoms with Crippen LogP contribution in [0.25, 0.3) is 0 Å². The van der Waals surface area contributed by atoms with Gasteiger partial charge in [0.05, 0.1) is 11.6 Å². The summed E-state index contributed by atoms with van der Waals surface area (Å²) in [5.41, 5.74) is 1.19. The van der Waals surface area contributed by atoms with Crippen molar-refractivity contribution >= 4 is 39.1 Å². The molecule has 0 aliphatic rings. The molecular weight excluding hydrogens is 407 g/mol. The van der Waals surface area contributed by atoms with Gasteiger partial charge in [-0.1, -0.05) is 53.5 Å². The highest BCUT2D eigenvalue weighted by Gasteiger charge is 2.26. The first-order chi connectivity index (χ1) is 12.7. The van der Waals surface area contributed by atoms with Crippen LogP contribution >= 0.6 is 23.2 Å². The van der Waals surface area contributed by atoms with E-state index in [0.717, 1.165) is 17.1 Å². The Bertz CT molecular complexity index is 889. The van der Waals surface area contributed by atoms with Gasteiger partial charge in [-0.05, 0) is 43.5 Å². The maximum atomic E-state index is 12.6. The maximum Gasteiger partial charge on any atom is 0.244 e. The molecule has 0 saturated carbocycles. The third-order valence-electron chi connectivity index (χ3n) is 4.06. The molecule has 0 heterocycles. The molecule has 1 amide bonds. The number of hydrogen-bond acceptors (Lipinski definition) is 3. The normalized spacial score (nSPS) is 12.8. The van der Waals surface area contributed by atoms with Gasteiger partial charge in [-0.15, -0.1) is 0 Å². The molecule has 1 N–H and O–H groups in total. The van der Waals surface area contributed by atoms with Crippen LogP contribution in [0.2, 0.25) is 10.0 Å². The largest absolute Gasteiger partial charge is 0.352 e. The standard InChI is InChI=1S/C19H22Cl2N2O3S/c1-14(8-9-15-6-4-3-5-7-15)22-19(24)13-23(2)27(25,26)18-12-16(20)10-11-17(18)21/h3-7,10-12,14H,8-9,13H2,1-2H3,(H,22,24)/t14-/m1/s1. The molecule has 2 rings (SSSR count). The van der Waals surface area contributed by atoms with Crippen molar-refractivity contribution in [3.8, 4) is 0 Å². The topological polar surface area (TPSA) is 66.5 Å². The summed E-state index contributed by atoms with van der Waals surface area (Å²) in [5.74, 6) is -0.375. The van der Waals surface area contributed by atoms with Crippen LogP contribution in [0.3, 0.4) is 0 Å². The number of likely N-dealkylation sites (N-methyl/N-ethyl adjacent to an activating group) is 1. The average Bonchev–Trinajstić information content (AvgIpc) is 2.62. The lowest BCUT2D eigenvalue weighted by atomic mass is 10.1.